The smallest absolute Gasteiger partial charge is 0.275 e. The Labute approximate surface area is 109 Å². The number of H-pyrrole nitrogens is 1. The highest BCUT2D eigenvalue weighted by atomic mass is 16.1. The first-order valence-corrected chi connectivity index (χ1v) is 6.13. The van der Waals surface area contributed by atoms with E-state index in [9.17, 15) is 4.79 Å². The van der Waals surface area contributed by atoms with Crippen molar-refractivity contribution in [3.63, 3.8) is 0 Å². The molecule has 2 heterocycles. The van der Waals surface area contributed by atoms with Crippen LogP contribution >= 0.6 is 0 Å². The fourth-order valence-corrected chi connectivity index (χ4v) is 2.31. The standard InChI is InChI=1S/C14H14N4O/c15-6-7-18-12(10-4-2-1-3-5-10)8-11-13(18)14(19)17-9-16-11/h1-5,8-9H,6-7,15H2,(H,16,17,19). The van der Waals surface area contributed by atoms with Gasteiger partial charge in [-0.05, 0) is 11.6 Å². The number of rotatable bonds is 3. The zero-order chi connectivity index (χ0) is 13.2. The van der Waals surface area contributed by atoms with E-state index < -0.39 is 0 Å². The topological polar surface area (TPSA) is 76.7 Å². The third-order valence-electron chi connectivity index (χ3n) is 3.11. The molecule has 0 aliphatic carbocycles. The molecular formula is C14H14N4O. The van der Waals surface area contributed by atoms with Gasteiger partial charge in [0.1, 0.15) is 5.52 Å². The molecule has 96 valence electrons. The van der Waals surface area contributed by atoms with Crippen LogP contribution in [0.25, 0.3) is 22.3 Å². The maximum absolute atomic E-state index is 12.0. The maximum Gasteiger partial charge on any atom is 0.275 e. The molecule has 0 fully saturated rings. The van der Waals surface area contributed by atoms with Crippen LogP contribution in [0.2, 0.25) is 0 Å². The lowest BCUT2D eigenvalue weighted by atomic mass is 10.1. The van der Waals surface area contributed by atoms with Crippen LogP contribution in [0.3, 0.4) is 0 Å². The van der Waals surface area contributed by atoms with Crippen LogP contribution in [0.15, 0.2) is 47.5 Å². The van der Waals surface area contributed by atoms with E-state index in [1.807, 2.05) is 41.0 Å². The Kier molecular flexibility index (Phi) is 2.89. The van der Waals surface area contributed by atoms with Gasteiger partial charge < -0.3 is 15.3 Å². The fraction of sp³-hybridized carbons (Fsp3) is 0.143. The molecule has 3 rings (SSSR count). The molecule has 0 unspecified atom stereocenters. The molecule has 2 aromatic heterocycles. The summed E-state index contributed by atoms with van der Waals surface area (Å²) in [5.41, 5.74) is 8.80. The summed E-state index contributed by atoms with van der Waals surface area (Å²) >= 11 is 0. The Hall–Kier alpha value is -2.40. The van der Waals surface area contributed by atoms with Crippen molar-refractivity contribution in [1.29, 1.82) is 0 Å². The van der Waals surface area contributed by atoms with E-state index in [1.54, 1.807) is 0 Å². The summed E-state index contributed by atoms with van der Waals surface area (Å²) in [6.45, 7) is 1.06. The van der Waals surface area contributed by atoms with Crippen molar-refractivity contribution in [3.8, 4) is 11.3 Å². The number of nitrogens with two attached hydrogens (primary N) is 1. The second-order valence-electron chi connectivity index (χ2n) is 4.30. The van der Waals surface area contributed by atoms with Gasteiger partial charge in [0.2, 0.25) is 0 Å². The van der Waals surface area contributed by atoms with Crippen molar-refractivity contribution >= 4 is 11.0 Å². The number of nitrogens with one attached hydrogen (secondary N) is 1. The lowest BCUT2D eigenvalue weighted by Gasteiger charge is -2.08. The lowest BCUT2D eigenvalue weighted by Crippen LogP contribution is -2.16. The SMILES string of the molecule is NCCn1c(-c2ccccc2)cc2nc[nH]c(=O)c21. The van der Waals surface area contributed by atoms with E-state index in [-0.39, 0.29) is 5.56 Å². The van der Waals surface area contributed by atoms with E-state index in [0.717, 1.165) is 11.3 Å². The van der Waals surface area contributed by atoms with E-state index in [0.29, 0.717) is 24.1 Å². The van der Waals surface area contributed by atoms with Crippen molar-refractivity contribution in [2.45, 2.75) is 6.54 Å². The molecular weight excluding hydrogens is 240 g/mol. The van der Waals surface area contributed by atoms with E-state index in [2.05, 4.69) is 9.97 Å². The zero-order valence-electron chi connectivity index (χ0n) is 10.3. The van der Waals surface area contributed by atoms with Gasteiger partial charge in [-0.2, -0.15) is 0 Å². The Balaban J connectivity index is 2.33. The molecule has 5 heteroatoms. The highest BCUT2D eigenvalue weighted by Gasteiger charge is 2.13. The third kappa shape index (κ3) is 1.94. The van der Waals surface area contributed by atoms with Crippen molar-refractivity contribution in [2.24, 2.45) is 5.73 Å². The van der Waals surface area contributed by atoms with Crippen molar-refractivity contribution in [3.05, 3.63) is 53.1 Å². The maximum atomic E-state index is 12.0. The van der Waals surface area contributed by atoms with Crippen molar-refractivity contribution in [1.82, 2.24) is 14.5 Å². The first kappa shape index (κ1) is 11.7. The zero-order valence-corrected chi connectivity index (χ0v) is 10.3. The van der Waals surface area contributed by atoms with Gasteiger partial charge in [-0.15, -0.1) is 0 Å². The molecule has 0 atom stereocenters. The van der Waals surface area contributed by atoms with Gasteiger partial charge in [0.05, 0.1) is 17.5 Å². The highest BCUT2D eigenvalue weighted by Crippen LogP contribution is 2.24. The normalized spacial score (nSPS) is 11.0. The summed E-state index contributed by atoms with van der Waals surface area (Å²) < 4.78 is 1.93. The summed E-state index contributed by atoms with van der Waals surface area (Å²) in [5.74, 6) is 0. The van der Waals surface area contributed by atoms with Crippen LogP contribution in [0.5, 0.6) is 0 Å². The van der Waals surface area contributed by atoms with Crippen molar-refractivity contribution < 1.29 is 0 Å². The molecule has 0 aliphatic heterocycles. The molecule has 0 spiro atoms. The van der Waals surface area contributed by atoms with E-state index >= 15 is 0 Å². The number of hydrogen-bond donors (Lipinski definition) is 2. The monoisotopic (exact) mass is 254 g/mol. The lowest BCUT2D eigenvalue weighted by molar-refractivity contribution is 0.738. The molecule has 0 bridgehead atoms. The predicted molar refractivity (Wildman–Crippen MR) is 74.8 cm³/mol. The largest absolute Gasteiger partial charge is 0.333 e. The highest BCUT2D eigenvalue weighted by molar-refractivity contribution is 5.83. The number of aromatic nitrogens is 3. The summed E-state index contributed by atoms with van der Waals surface area (Å²) in [7, 11) is 0. The van der Waals surface area contributed by atoms with Crippen LogP contribution in [-0.2, 0) is 6.54 Å². The summed E-state index contributed by atoms with van der Waals surface area (Å²) in [6.07, 6.45) is 1.42. The van der Waals surface area contributed by atoms with Gasteiger partial charge >= 0.3 is 0 Å². The minimum Gasteiger partial charge on any atom is -0.333 e. The average Bonchev–Trinajstić information content (AvgIpc) is 2.81. The first-order valence-electron chi connectivity index (χ1n) is 6.13. The number of aromatic amines is 1. The number of hydrogen-bond acceptors (Lipinski definition) is 3. The molecule has 0 aliphatic rings. The van der Waals surface area contributed by atoms with Crippen LogP contribution in [-0.4, -0.2) is 21.1 Å². The van der Waals surface area contributed by atoms with Crippen molar-refractivity contribution in [2.75, 3.05) is 6.54 Å². The number of nitrogens with zero attached hydrogens (tertiary/aromatic N) is 2. The molecule has 5 nitrogen and oxygen atoms in total. The molecule has 0 radical (unpaired) electrons. The third-order valence-corrected chi connectivity index (χ3v) is 3.11. The molecule has 19 heavy (non-hydrogen) atoms. The Morgan fingerprint density at radius 3 is 2.79 bits per heavy atom. The summed E-state index contributed by atoms with van der Waals surface area (Å²) in [4.78, 5) is 18.8. The quantitative estimate of drug-likeness (QED) is 0.740. The van der Waals surface area contributed by atoms with Crippen LogP contribution in [0.1, 0.15) is 0 Å². The number of fused-ring (bicyclic) bond motifs is 1. The molecule has 0 saturated carbocycles. The van der Waals surface area contributed by atoms with Crippen LogP contribution in [0.4, 0.5) is 0 Å². The van der Waals surface area contributed by atoms with Gasteiger partial charge in [0.25, 0.3) is 5.56 Å². The molecule has 0 amide bonds. The summed E-state index contributed by atoms with van der Waals surface area (Å²) in [6, 6.07) is 11.8. The van der Waals surface area contributed by atoms with Gasteiger partial charge in [-0.1, -0.05) is 30.3 Å². The number of benzene rings is 1. The Bertz CT molecular complexity index is 758. The van der Waals surface area contributed by atoms with Gasteiger partial charge in [0, 0.05) is 13.1 Å². The molecule has 3 N–H and O–H groups in total. The molecule has 3 aromatic rings. The van der Waals surface area contributed by atoms with Crippen LogP contribution < -0.4 is 11.3 Å². The Morgan fingerprint density at radius 1 is 1.26 bits per heavy atom. The van der Waals surface area contributed by atoms with Gasteiger partial charge in [0.15, 0.2) is 0 Å². The minimum atomic E-state index is -0.138. The van der Waals surface area contributed by atoms with Crippen LogP contribution in [0, 0.1) is 0 Å². The second kappa shape index (κ2) is 4.70. The van der Waals surface area contributed by atoms with Gasteiger partial charge in [-0.3, -0.25) is 4.79 Å². The first-order chi connectivity index (χ1) is 9.31. The van der Waals surface area contributed by atoms with E-state index in [1.165, 1.54) is 6.33 Å². The minimum absolute atomic E-state index is 0.138. The fourth-order valence-electron chi connectivity index (χ4n) is 2.31. The molecule has 0 saturated heterocycles. The second-order valence-corrected chi connectivity index (χ2v) is 4.30. The average molecular weight is 254 g/mol. The van der Waals surface area contributed by atoms with Gasteiger partial charge in [-0.25, -0.2) is 4.98 Å². The Morgan fingerprint density at radius 2 is 2.05 bits per heavy atom. The summed E-state index contributed by atoms with van der Waals surface area (Å²) in [5, 5.41) is 0. The molecule has 1 aromatic carbocycles. The van der Waals surface area contributed by atoms with E-state index in [4.69, 9.17) is 5.73 Å². The predicted octanol–water partition coefficient (Wildman–Crippen LogP) is 1.35.